The second kappa shape index (κ2) is 5.01. The van der Waals surface area contributed by atoms with E-state index in [1.54, 1.807) is 4.52 Å². The van der Waals surface area contributed by atoms with E-state index < -0.39 is 0 Å². The van der Waals surface area contributed by atoms with E-state index in [9.17, 15) is 0 Å². The molecule has 0 amide bonds. The highest BCUT2D eigenvalue weighted by molar-refractivity contribution is 5.59. The first-order chi connectivity index (χ1) is 10.4. The molecule has 0 aliphatic heterocycles. The van der Waals surface area contributed by atoms with Crippen molar-refractivity contribution in [3.63, 3.8) is 0 Å². The lowest BCUT2D eigenvalue weighted by Gasteiger charge is -2.12. The van der Waals surface area contributed by atoms with Gasteiger partial charge in [-0.2, -0.15) is 4.52 Å². The average Bonchev–Trinajstić information content (AvgIpc) is 3.17. The Morgan fingerprint density at radius 2 is 1.76 bits per heavy atom. The van der Waals surface area contributed by atoms with Crippen molar-refractivity contribution in [2.24, 2.45) is 0 Å². The van der Waals surface area contributed by atoms with Crippen molar-refractivity contribution in [2.45, 2.75) is 18.9 Å². The summed E-state index contributed by atoms with van der Waals surface area (Å²) in [5.74, 6) is 1.62. The molecule has 0 bridgehead atoms. The molecular weight excluding hydrogens is 262 g/mol. The first kappa shape index (κ1) is 12.1. The van der Waals surface area contributed by atoms with Gasteiger partial charge >= 0.3 is 0 Å². The maximum absolute atomic E-state index is 4.63. The predicted octanol–water partition coefficient (Wildman–Crippen LogP) is 2.92. The molecule has 0 radical (unpaired) electrons. The molecule has 1 N–H and O–H groups in total. The molecule has 0 saturated carbocycles. The second-order valence-corrected chi connectivity index (χ2v) is 5.16. The third kappa shape index (κ3) is 2.27. The van der Waals surface area contributed by atoms with Crippen molar-refractivity contribution >= 4 is 11.5 Å². The standard InChI is InChI=1S/C16H15N5/c1-2-6-12(7-3-1)16-19-18-15-11-10-14(20-21(15)16)17-13-8-4-5-9-13/h1-7,10-11,13H,8-9H2,(H,17,20). The first-order valence-electron chi connectivity index (χ1n) is 7.09. The molecule has 1 aliphatic carbocycles. The van der Waals surface area contributed by atoms with Crippen LogP contribution in [0.4, 0.5) is 5.82 Å². The summed E-state index contributed by atoms with van der Waals surface area (Å²) in [6.07, 6.45) is 6.50. The molecule has 2 aromatic heterocycles. The van der Waals surface area contributed by atoms with Gasteiger partial charge in [-0.15, -0.1) is 15.3 Å². The van der Waals surface area contributed by atoms with Crippen LogP contribution in [0.25, 0.3) is 17.0 Å². The van der Waals surface area contributed by atoms with Crippen molar-refractivity contribution in [3.05, 3.63) is 54.6 Å². The molecule has 3 aromatic rings. The predicted molar refractivity (Wildman–Crippen MR) is 82.0 cm³/mol. The van der Waals surface area contributed by atoms with Crippen LogP contribution in [0.2, 0.25) is 0 Å². The zero-order valence-electron chi connectivity index (χ0n) is 11.5. The molecule has 0 spiro atoms. The van der Waals surface area contributed by atoms with Gasteiger partial charge in [-0.1, -0.05) is 42.5 Å². The van der Waals surface area contributed by atoms with Gasteiger partial charge in [-0.05, 0) is 25.0 Å². The van der Waals surface area contributed by atoms with Crippen molar-refractivity contribution < 1.29 is 0 Å². The Bertz CT molecular complexity index is 783. The maximum atomic E-state index is 4.63. The Labute approximate surface area is 122 Å². The number of rotatable bonds is 3. The highest BCUT2D eigenvalue weighted by Crippen LogP contribution is 2.19. The van der Waals surface area contributed by atoms with E-state index in [0.29, 0.717) is 6.04 Å². The third-order valence-electron chi connectivity index (χ3n) is 3.65. The Balaban J connectivity index is 1.72. The van der Waals surface area contributed by atoms with Crippen molar-refractivity contribution in [1.29, 1.82) is 0 Å². The van der Waals surface area contributed by atoms with Gasteiger partial charge in [0.2, 0.25) is 0 Å². The summed E-state index contributed by atoms with van der Waals surface area (Å²) in [4.78, 5) is 0. The van der Waals surface area contributed by atoms with E-state index in [0.717, 1.165) is 35.7 Å². The van der Waals surface area contributed by atoms with E-state index >= 15 is 0 Å². The SMILES string of the molecule is C1=CCC(Nc2ccc3nnc(-c4ccccc4)n3n2)C1. The van der Waals surface area contributed by atoms with Crippen LogP contribution in [0.5, 0.6) is 0 Å². The average molecular weight is 277 g/mol. The lowest BCUT2D eigenvalue weighted by Crippen LogP contribution is -2.16. The molecular formula is C16H15N5. The van der Waals surface area contributed by atoms with Crippen LogP contribution < -0.4 is 5.32 Å². The van der Waals surface area contributed by atoms with Crippen molar-refractivity contribution in [3.8, 4) is 11.4 Å². The van der Waals surface area contributed by atoms with Gasteiger partial charge in [0.05, 0.1) is 0 Å². The number of nitrogens with zero attached hydrogens (tertiary/aromatic N) is 4. The summed E-state index contributed by atoms with van der Waals surface area (Å²) >= 11 is 0. The fourth-order valence-electron chi connectivity index (χ4n) is 2.58. The first-order valence-corrected chi connectivity index (χ1v) is 7.09. The molecule has 5 nitrogen and oxygen atoms in total. The minimum atomic E-state index is 0.437. The second-order valence-electron chi connectivity index (χ2n) is 5.16. The third-order valence-corrected chi connectivity index (χ3v) is 3.65. The molecule has 104 valence electrons. The molecule has 4 rings (SSSR count). The van der Waals surface area contributed by atoms with Crippen LogP contribution in [0.1, 0.15) is 12.8 Å². The number of fused-ring (bicyclic) bond motifs is 1. The summed E-state index contributed by atoms with van der Waals surface area (Å²) < 4.78 is 1.79. The minimum absolute atomic E-state index is 0.437. The molecule has 2 heterocycles. The molecule has 1 aliphatic rings. The van der Waals surface area contributed by atoms with Gasteiger partial charge in [-0.25, -0.2) is 0 Å². The zero-order chi connectivity index (χ0) is 14.1. The van der Waals surface area contributed by atoms with E-state index in [2.05, 4.69) is 32.8 Å². The lowest BCUT2D eigenvalue weighted by atomic mass is 10.2. The smallest absolute Gasteiger partial charge is 0.185 e. The molecule has 21 heavy (non-hydrogen) atoms. The fraction of sp³-hybridized carbons (Fsp3) is 0.188. The summed E-state index contributed by atoms with van der Waals surface area (Å²) in [5.41, 5.74) is 1.76. The topological polar surface area (TPSA) is 55.1 Å². The fourth-order valence-corrected chi connectivity index (χ4v) is 2.58. The maximum Gasteiger partial charge on any atom is 0.185 e. The van der Waals surface area contributed by atoms with Gasteiger partial charge < -0.3 is 5.32 Å². The highest BCUT2D eigenvalue weighted by Gasteiger charge is 2.13. The van der Waals surface area contributed by atoms with Crippen LogP contribution in [-0.4, -0.2) is 25.9 Å². The van der Waals surface area contributed by atoms with E-state index in [1.807, 2.05) is 42.5 Å². The zero-order valence-corrected chi connectivity index (χ0v) is 11.5. The molecule has 0 fully saturated rings. The van der Waals surface area contributed by atoms with Crippen molar-refractivity contribution in [2.75, 3.05) is 5.32 Å². The van der Waals surface area contributed by atoms with Gasteiger partial charge in [0.15, 0.2) is 11.5 Å². The number of hydrogen-bond donors (Lipinski definition) is 1. The van der Waals surface area contributed by atoms with Gasteiger partial charge in [0.1, 0.15) is 5.82 Å². The van der Waals surface area contributed by atoms with E-state index in [-0.39, 0.29) is 0 Å². The normalized spacial score (nSPS) is 14.9. The van der Waals surface area contributed by atoms with Crippen molar-refractivity contribution in [1.82, 2.24) is 19.8 Å². The Morgan fingerprint density at radius 3 is 2.57 bits per heavy atom. The lowest BCUT2D eigenvalue weighted by molar-refractivity contribution is 0.771. The van der Waals surface area contributed by atoms with Crippen LogP contribution in [0.3, 0.4) is 0 Å². The van der Waals surface area contributed by atoms with E-state index in [1.165, 1.54) is 0 Å². The largest absolute Gasteiger partial charge is 0.365 e. The summed E-state index contributed by atoms with van der Waals surface area (Å²) in [7, 11) is 0. The summed E-state index contributed by atoms with van der Waals surface area (Å²) in [6.45, 7) is 0. The molecule has 0 unspecified atom stereocenters. The van der Waals surface area contributed by atoms with Crippen LogP contribution >= 0.6 is 0 Å². The summed E-state index contributed by atoms with van der Waals surface area (Å²) in [6, 6.07) is 14.3. The Kier molecular flexibility index (Phi) is 2.88. The monoisotopic (exact) mass is 277 g/mol. The van der Waals surface area contributed by atoms with E-state index in [4.69, 9.17) is 0 Å². The Hall–Kier alpha value is -2.69. The summed E-state index contributed by atoms with van der Waals surface area (Å²) in [5, 5.41) is 16.5. The molecule has 1 aromatic carbocycles. The highest BCUT2D eigenvalue weighted by atomic mass is 15.4. The van der Waals surface area contributed by atoms with Crippen LogP contribution in [0, 0.1) is 0 Å². The number of benzene rings is 1. The number of aromatic nitrogens is 4. The molecule has 0 saturated heterocycles. The quantitative estimate of drug-likeness (QED) is 0.748. The van der Waals surface area contributed by atoms with Crippen LogP contribution in [-0.2, 0) is 0 Å². The minimum Gasteiger partial charge on any atom is -0.365 e. The number of anilines is 1. The van der Waals surface area contributed by atoms with Crippen LogP contribution in [0.15, 0.2) is 54.6 Å². The van der Waals surface area contributed by atoms with Gasteiger partial charge in [-0.3, -0.25) is 0 Å². The number of hydrogen-bond acceptors (Lipinski definition) is 4. The van der Waals surface area contributed by atoms with Gasteiger partial charge in [0.25, 0.3) is 0 Å². The number of nitrogens with one attached hydrogen (secondary N) is 1. The molecule has 5 heteroatoms. The molecule has 0 atom stereocenters. The van der Waals surface area contributed by atoms with Gasteiger partial charge in [0, 0.05) is 11.6 Å². The Morgan fingerprint density at radius 1 is 0.952 bits per heavy atom.